The van der Waals surface area contributed by atoms with E-state index in [1.54, 1.807) is 41.6 Å². The van der Waals surface area contributed by atoms with E-state index in [1.165, 1.54) is 24.9 Å². The number of pyridine rings is 1. The van der Waals surface area contributed by atoms with E-state index in [-0.39, 0.29) is 23.1 Å². The van der Waals surface area contributed by atoms with Crippen molar-refractivity contribution in [3.63, 3.8) is 0 Å². The van der Waals surface area contributed by atoms with Gasteiger partial charge < -0.3 is 10.1 Å². The van der Waals surface area contributed by atoms with Crippen LogP contribution < -0.4 is 10.1 Å². The van der Waals surface area contributed by atoms with Crippen LogP contribution in [0, 0.1) is 10.1 Å². The maximum absolute atomic E-state index is 12.0. The number of thioether (sulfide) groups is 1. The second-order valence-electron chi connectivity index (χ2n) is 6.03. The van der Waals surface area contributed by atoms with Crippen LogP contribution in [0.1, 0.15) is 11.1 Å². The van der Waals surface area contributed by atoms with Crippen molar-refractivity contribution in [3.8, 4) is 11.6 Å². The fourth-order valence-corrected chi connectivity index (χ4v) is 3.35. The summed E-state index contributed by atoms with van der Waals surface area (Å²) in [4.78, 5) is 30.9. The number of rotatable bonds is 9. The Kier molecular flexibility index (Phi) is 6.80. The molecule has 0 aliphatic carbocycles. The van der Waals surface area contributed by atoms with Gasteiger partial charge in [0.2, 0.25) is 5.91 Å². The normalized spacial score (nSPS) is 10.5. The van der Waals surface area contributed by atoms with Gasteiger partial charge in [0.25, 0.3) is 0 Å². The first-order valence-corrected chi connectivity index (χ1v) is 9.81. The van der Waals surface area contributed by atoms with Gasteiger partial charge in [-0.05, 0) is 23.3 Å². The van der Waals surface area contributed by atoms with Crippen LogP contribution in [0.15, 0.2) is 55.2 Å². The molecule has 9 nitrogen and oxygen atoms in total. The molecular weight excluding hydrogens is 394 g/mol. The van der Waals surface area contributed by atoms with Crippen LogP contribution in [-0.4, -0.2) is 38.2 Å². The quantitative estimate of drug-likeness (QED) is 0.424. The zero-order chi connectivity index (χ0) is 20.6. The number of aromatic nitrogens is 3. The Morgan fingerprint density at radius 1 is 1.31 bits per heavy atom. The standard InChI is InChI=1S/C19H19N5O4S/c1-28-17-4-2-14(8-16(17)24(26)27)11-29-12-19(25)22-10-15-3-5-18(21-9-15)23-7-6-20-13-23/h2-9,13H,10-12H2,1H3,(H,22,25). The van der Waals surface area contributed by atoms with Gasteiger partial charge in [-0.1, -0.05) is 12.1 Å². The third-order valence-corrected chi connectivity index (χ3v) is 5.01. The minimum atomic E-state index is -0.480. The van der Waals surface area contributed by atoms with E-state index in [4.69, 9.17) is 4.74 Å². The van der Waals surface area contributed by atoms with Gasteiger partial charge in [0.15, 0.2) is 5.75 Å². The Morgan fingerprint density at radius 3 is 2.79 bits per heavy atom. The number of amides is 1. The number of imidazole rings is 1. The summed E-state index contributed by atoms with van der Waals surface area (Å²) in [5.74, 6) is 1.59. The molecule has 1 N–H and O–H groups in total. The monoisotopic (exact) mass is 413 g/mol. The molecule has 29 heavy (non-hydrogen) atoms. The van der Waals surface area contributed by atoms with Crippen LogP contribution in [0.3, 0.4) is 0 Å². The third-order valence-electron chi connectivity index (χ3n) is 4.01. The summed E-state index contributed by atoms with van der Waals surface area (Å²) in [7, 11) is 1.39. The topological polar surface area (TPSA) is 112 Å². The smallest absolute Gasteiger partial charge is 0.311 e. The molecule has 3 aromatic rings. The molecule has 0 radical (unpaired) electrons. The number of hydrogen-bond acceptors (Lipinski definition) is 7. The van der Waals surface area contributed by atoms with Crippen molar-refractivity contribution in [1.29, 1.82) is 0 Å². The van der Waals surface area contributed by atoms with E-state index >= 15 is 0 Å². The average Bonchev–Trinajstić information content (AvgIpc) is 3.27. The molecule has 0 saturated heterocycles. The summed E-state index contributed by atoms with van der Waals surface area (Å²) in [5, 5.41) is 13.9. The van der Waals surface area contributed by atoms with Gasteiger partial charge in [0.1, 0.15) is 12.1 Å². The highest BCUT2D eigenvalue weighted by Crippen LogP contribution is 2.28. The number of carbonyl (C=O) groups is 1. The van der Waals surface area contributed by atoms with E-state index in [9.17, 15) is 14.9 Å². The molecule has 150 valence electrons. The largest absolute Gasteiger partial charge is 0.490 e. The van der Waals surface area contributed by atoms with Crippen molar-refractivity contribution in [2.24, 2.45) is 0 Å². The number of benzene rings is 1. The number of carbonyl (C=O) groups excluding carboxylic acids is 1. The maximum atomic E-state index is 12.0. The number of nitrogens with zero attached hydrogens (tertiary/aromatic N) is 4. The summed E-state index contributed by atoms with van der Waals surface area (Å²) < 4.78 is 6.78. The molecule has 2 heterocycles. The van der Waals surface area contributed by atoms with Crippen LogP contribution in [0.4, 0.5) is 5.69 Å². The van der Waals surface area contributed by atoms with E-state index < -0.39 is 4.92 Å². The van der Waals surface area contributed by atoms with Crippen molar-refractivity contribution in [2.45, 2.75) is 12.3 Å². The number of nitro groups is 1. The van der Waals surface area contributed by atoms with Crippen LogP contribution in [0.25, 0.3) is 5.82 Å². The van der Waals surface area contributed by atoms with Gasteiger partial charge in [0.05, 0.1) is 17.8 Å². The summed E-state index contributed by atoms with van der Waals surface area (Å²) in [5.41, 5.74) is 1.56. The molecular formula is C19H19N5O4S. The summed E-state index contributed by atoms with van der Waals surface area (Å²) in [6.45, 7) is 0.380. The molecule has 2 aromatic heterocycles. The minimum Gasteiger partial charge on any atom is -0.490 e. The van der Waals surface area contributed by atoms with Gasteiger partial charge in [0, 0.05) is 37.0 Å². The second-order valence-corrected chi connectivity index (χ2v) is 7.01. The third kappa shape index (κ3) is 5.55. The molecule has 1 amide bonds. The highest BCUT2D eigenvalue weighted by Gasteiger charge is 2.15. The number of ether oxygens (including phenoxy) is 1. The van der Waals surface area contributed by atoms with Crippen molar-refractivity contribution >= 4 is 23.4 Å². The lowest BCUT2D eigenvalue weighted by molar-refractivity contribution is -0.385. The van der Waals surface area contributed by atoms with Gasteiger partial charge >= 0.3 is 5.69 Å². The molecule has 10 heteroatoms. The van der Waals surface area contributed by atoms with Crippen molar-refractivity contribution in [3.05, 3.63) is 76.5 Å². The Hall–Kier alpha value is -3.40. The van der Waals surface area contributed by atoms with E-state index in [0.29, 0.717) is 12.3 Å². The molecule has 0 unspecified atom stereocenters. The average molecular weight is 413 g/mol. The Labute approximate surface area is 171 Å². The molecule has 0 atom stereocenters. The number of nitro benzene ring substituents is 1. The Bertz CT molecular complexity index is 977. The minimum absolute atomic E-state index is 0.0818. The van der Waals surface area contributed by atoms with Crippen LogP contribution in [0.5, 0.6) is 5.75 Å². The highest BCUT2D eigenvalue weighted by molar-refractivity contribution is 7.99. The molecule has 0 spiro atoms. The predicted octanol–water partition coefficient (Wildman–Crippen LogP) is 2.73. The zero-order valence-electron chi connectivity index (χ0n) is 15.6. The highest BCUT2D eigenvalue weighted by atomic mass is 32.2. The SMILES string of the molecule is COc1ccc(CSCC(=O)NCc2ccc(-n3ccnc3)nc2)cc1[N+](=O)[O-]. The van der Waals surface area contributed by atoms with Crippen LogP contribution in [-0.2, 0) is 17.1 Å². The molecule has 3 rings (SSSR count). The van der Waals surface area contributed by atoms with Crippen LogP contribution in [0.2, 0.25) is 0 Å². The van der Waals surface area contributed by atoms with Gasteiger partial charge in [-0.15, -0.1) is 11.8 Å². The molecule has 1 aromatic carbocycles. The lowest BCUT2D eigenvalue weighted by Crippen LogP contribution is -2.24. The first-order valence-electron chi connectivity index (χ1n) is 8.66. The number of nitrogens with one attached hydrogen (secondary N) is 1. The number of methoxy groups -OCH3 is 1. The van der Waals surface area contributed by atoms with Gasteiger partial charge in [-0.2, -0.15) is 0 Å². The summed E-state index contributed by atoms with van der Waals surface area (Å²) >= 11 is 1.38. The van der Waals surface area contributed by atoms with Crippen molar-refractivity contribution in [2.75, 3.05) is 12.9 Å². The first kappa shape index (κ1) is 20.3. The molecule has 0 aliphatic heterocycles. The summed E-state index contributed by atoms with van der Waals surface area (Å²) in [6.07, 6.45) is 6.85. The Balaban J connectivity index is 1.44. The Morgan fingerprint density at radius 2 is 2.14 bits per heavy atom. The molecule has 0 fully saturated rings. The molecule has 0 aliphatic rings. The second kappa shape index (κ2) is 9.69. The predicted molar refractivity (Wildman–Crippen MR) is 109 cm³/mol. The van der Waals surface area contributed by atoms with Gasteiger partial charge in [-0.3, -0.25) is 19.5 Å². The molecule has 0 bridgehead atoms. The first-order chi connectivity index (χ1) is 14.1. The van der Waals surface area contributed by atoms with E-state index in [2.05, 4.69) is 15.3 Å². The van der Waals surface area contributed by atoms with Crippen LogP contribution >= 0.6 is 11.8 Å². The maximum Gasteiger partial charge on any atom is 0.311 e. The fourth-order valence-electron chi connectivity index (χ4n) is 2.55. The lowest BCUT2D eigenvalue weighted by Gasteiger charge is -2.07. The van der Waals surface area contributed by atoms with Crippen molar-refractivity contribution in [1.82, 2.24) is 19.9 Å². The number of hydrogen-bond donors (Lipinski definition) is 1. The summed E-state index contributed by atoms with van der Waals surface area (Å²) in [6, 6.07) is 8.54. The van der Waals surface area contributed by atoms with E-state index in [1.807, 2.05) is 12.1 Å². The zero-order valence-corrected chi connectivity index (χ0v) is 16.5. The van der Waals surface area contributed by atoms with Gasteiger partial charge in [-0.25, -0.2) is 9.97 Å². The fraction of sp³-hybridized carbons (Fsp3) is 0.211. The van der Waals surface area contributed by atoms with Crippen molar-refractivity contribution < 1.29 is 14.5 Å². The molecule has 0 saturated carbocycles. The van der Waals surface area contributed by atoms with E-state index in [0.717, 1.165) is 16.9 Å². The lowest BCUT2D eigenvalue weighted by atomic mass is 10.2.